The molecule has 0 aromatic carbocycles. The molecule has 0 aliphatic carbocycles. The Labute approximate surface area is 223 Å². The van der Waals surface area contributed by atoms with Crippen LogP contribution in [0.4, 0.5) is 0 Å². The van der Waals surface area contributed by atoms with Gasteiger partial charge in [-0.15, -0.1) is 0 Å². The summed E-state index contributed by atoms with van der Waals surface area (Å²) in [5.41, 5.74) is 0. The second-order valence-electron chi connectivity index (χ2n) is 11.1. The quantitative estimate of drug-likeness (QED) is 0.0928. The Hall–Kier alpha value is -1.10. The molecule has 2 unspecified atom stereocenters. The van der Waals surface area contributed by atoms with Crippen LogP contribution in [-0.4, -0.2) is 36.4 Å². The Morgan fingerprint density at radius 2 is 0.861 bits per heavy atom. The van der Waals surface area contributed by atoms with Crippen molar-refractivity contribution in [2.45, 2.75) is 162 Å². The van der Waals surface area contributed by atoms with Crippen molar-refractivity contribution in [1.82, 2.24) is 0 Å². The van der Waals surface area contributed by atoms with E-state index in [2.05, 4.69) is 27.7 Å². The van der Waals surface area contributed by atoms with E-state index in [0.29, 0.717) is 12.8 Å². The van der Waals surface area contributed by atoms with Gasteiger partial charge in [0.25, 0.3) is 0 Å². The SMILES string of the molecule is CCC(C)CCCCCCCCCCC(=O)OC[C@@H](O)COC(=O)CCCCCCCCC(C)CC. The molecule has 0 saturated heterocycles. The topological polar surface area (TPSA) is 72.8 Å². The van der Waals surface area contributed by atoms with Crippen molar-refractivity contribution in [1.29, 1.82) is 0 Å². The van der Waals surface area contributed by atoms with Gasteiger partial charge < -0.3 is 14.6 Å². The smallest absolute Gasteiger partial charge is 0.305 e. The fourth-order valence-electron chi connectivity index (χ4n) is 4.27. The zero-order valence-electron chi connectivity index (χ0n) is 24.4. The predicted molar refractivity (Wildman–Crippen MR) is 150 cm³/mol. The molecule has 36 heavy (non-hydrogen) atoms. The summed E-state index contributed by atoms with van der Waals surface area (Å²) in [5, 5.41) is 9.92. The second kappa shape index (κ2) is 25.5. The Kier molecular flexibility index (Phi) is 24.8. The molecule has 0 amide bonds. The number of esters is 2. The van der Waals surface area contributed by atoms with Gasteiger partial charge in [-0.1, -0.05) is 130 Å². The lowest BCUT2D eigenvalue weighted by Crippen LogP contribution is -2.25. The van der Waals surface area contributed by atoms with Gasteiger partial charge in [0.1, 0.15) is 19.3 Å². The third-order valence-electron chi connectivity index (χ3n) is 7.42. The molecule has 214 valence electrons. The summed E-state index contributed by atoms with van der Waals surface area (Å²) < 4.78 is 10.2. The monoisotopic (exact) mass is 512 g/mol. The number of carbonyl (C=O) groups is 2. The highest BCUT2D eigenvalue weighted by Gasteiger charge is 2.12. The first-order valence-corrected chi connectivity index (χ1v) is 15.4. The summed E-state index contributed by atoms with van der Waals surface area (Å²) in [6.07, 6.45) is 21.4. The van der Waals surface area contributed by atoms with Gasteiger partial charge in [0.2, 0.25) is 0 Å². The highest BCUT2D eigenvalue weighted by Crippen LogP contribution is 2.16. The van der Waals surface area contributed by atoms with Crippen molar-refractivity contribution in [3.8, 4) is 0 Å². The lowest BCUT2D eigenvalue weighted by Gasteiger charge is -2.12. The van der Waals surface area contributed by atoms with E-state index in [0.717, 1.165) is 50.4 Å². The van der Waals surface area contributed by atoms with Crippen LogP contribution in [0.25, 0.3) is 0 Å². The molecule has 0 fully saturated rings. The van der Waals surface area contributed by atoms with Crippen LogP contribution in [0, 0.1) is 11.8 Å². The molecule has 0 rings (SSSR count). The maximum Gasteiger partial charge on any atom is 0.305 e. The number of aliphatic hydroxyl groups excluding tert-OH is 1. The van der Waals surface area contributed by atoms with Crippen LogP contribution in [0.3, 0.4) is 0 Å². The molecule has 0 bridgehead atoms. The maximum atomic E-state index is 11.8. The first-order valence-electron chi connectivity index (χ1n) is 15.4. The van der Waals surface area contributed by atoms with E-state index < -0.39 is 6.10 Å². The minimum atomic E-state index is -0.955. The van der Waals surface area contributed by atoms with Crippen molar-refractivity contribution in [3.05, 3.63) is 0 Å². The van der Waals surface area contributed by atoms with E-state index >= 15 is 0 Å². The zero-order chi connectivity index (χ0) is 26.9. The number of hydrogen-bond donors (Lipinski definition) is 1. The van der Waals surface area contributed by atoms with Crippen molar-refractivity contribution in [3.63, 3.8) is 0 Å². The molecule has 0 aliphatic rings. The molecule has 1 N–H and O–H groups in total. The molecule has 0 aliphatic heterocycles. The summed E-state index contributed by atoms with van der Waals surface area (Å²) in [7, 11) is 0. The number of carbonyl (C=O) groups excluding carboxylic acids is 2. The fraction of sp³-hybridized carbons (Fsp3) is 0.935. The van der Waals surface area contributed by atoms with Crippen LogP contribution in [0.15, 0.2) is 0 Å². The van der Waals surface area contributed by atoms with Crippen LogP contribution in [0.5, 0.6) is 0 Å². The average molecular weight is 513 g/mol. The van der Waals surface area contributed by atoms with Crippen molar-refractivity contribution in [2.24, 2.45) is 11.8 Å². The van der Waals surface area contributed by atoms with E-state index in [9.17, 15) is 14.7 Å². The number of aliphatic hydroxyl groups is 1. The summed E-state index contributed by atoms with van der Waals surface area (Å²) >= 11 is 0. The van der Waals surface area contributed by atoms with Gasteiger partial charge in [-0.05, 0) is 24.7 Å². The molecule has 0 aromatic rings. The molecule has 0 saturated carbocycles. The van der Waals surface area contributed by atoms with E-state index in [1.54, 1.807) is 0 Å². The Balaban J connectivity index is 3.47. The van der Waals surface area contributed by atoms with Crippen molar-refractivity contribution >= 4 is 11.9 Å². The lowest BCUT2D eigenvalue weighted by molar-refractivity contribution is -0.152. The molecule has 0 heterocycles. The minimum absolute atomic E-state index is 0.112. The summed E-state index contributed by atoms with van der Waals surface area (Å²) in [6, 6.07) is 0. The Morgan fingerprint density at radius 1 is 0.556 bits per heavy atom. The standard InChI is InChI=1S/C31H60O5/c1-5-27(3)21-17-13-9-7-8-10-15-19-23-30(33)35-25-29(32)26-36-31(34)24-20-16-12-11-14-18-22-28(4)6-2/h27-29,32H,5-26H2,1-4H3/t27?,28?,29-/m1/s1. The third-order valence-corrected chi connectivity index (χ3v) is 7.42. The maximum absolute atomic E-state index is 11.8. The number of hydrogen-bond acceptors (Lipinski definition) is 5. The summed E-state index contributed by atoms with van der Waals surface area (Å²) in [4.78, 5) is 23.7. The van der Waals surface area contributed by atoms with Gasteiger partial charge >= 0.3 is 11.9 Å². The number of unbranched alkanes of at least 4 members (excludes halogenated alkanes) is 12. The van der Waals surface area contributed by atoms with E-state index in [1.165, 1.54) is 77.0 Å². The van der Waals surface area contributed by atoms with Gasteiger partial charge in [0.15, 0.2) is 0 Å². The van der Waals surface area contributed by atoms with Crippen molar-refractivity contribution in [2.75, 3.05) is 13.2 Å². The van der Waals surface area contributed by atoms with E-state index in [4.69, 9.17) is 9.47 Å². The third kappa shape index (κ3) is 24.6. The first kappa shape index (κ1) is 34.9. The van der Waals surface area contributed by atoms with Crippen LogP contribution in [0.2, 0.25) is 0 Å². The molecular formula is C31H60O5. The largest absolute Gasteiger partial charge is 0.463 e. The number of rotatable bonds is 26. The highest BCUT2D eigenvalue weighted by molar-refractivity contribution is 5.69. The van der Waals surface area contributed by atoms with Crippen LogP contribution >= 0.6 is 0 Å². The Bertz CT molecular complexity index is 507. The van der Waals surface area contributed by atoms with Crippen LogP contribution in [0.1, 0.15) is 156 Å². The molecule has 3 atom stereocenters. The van der Waals surface area contributed by atoms with E-state index in [1.807, 2.05) is 0 Å². The molecular weight excluding hydrogens is 452 g/mol. The number of ether oxygens (including phenoxy) is 2. The van der Waals surface area contributed by atoms with Gasteiger partial charge in [0, 0.05) is 12.8 Å². The average Bonchev–Trinajstić information content (AvgIpc) is 2.88. The predicted octanol–water partition coefficient (Wildman–Crippen LogP) is 8.55. The molecule has 0 radical (unpaired) electrons. The Morgan fingerprint density at radius 3 is 1.19 bits per heavy atom. The molecule has 5 heteroatoms. The summed E-state index contributed by atoms with van der Waals surface area (Å²) in [6.45, 7) is 8.93. The molecule has 5 nitrogen and oxygen atoms in total. The van der Waals surface area contributed by atoms with E-state index in [-0.39, 0.29) is 25.2 Å². The van der Waals surface area contributed by atoms with Gasteiger partial charge in [-0.25, -0.2) is 0 Å². The molecule has 0 spiro atoms. The van der Waals surface area contributed by atoms with Gasteiger partial charge in [-0.3, -0.25) is 9.59 Å². The minimum Gasteiger partial charge on any atom is -0.463 e. The molecule has 0 aromatic heterocycles. The highest BCUT2D eigenvalue weighted by atomic mass is 16.6. The van der Waals surface area contributed by atoms with Gasteiger partial charge in [0.05, 0.1) is 0 Å². The van der Waals surface area contributed by atoms with Crippen LogP contribution in [-0.2, 0) is 19.1 Å². The van der Waals surface area contributed by atoms with Gasteiger partial charge in [-0.2, -0.15) is 0 Å². The first-order chi connectivity index (χ1) is 17.4. The van der Waals surface area contributed by atoms with Crippen LogP contribution < -0.4 is 0 Å². The summed E-state index contributed by atoms with van der Waals surface area (Å²) in [5.74, 6) is 1.12. The lowest BCUT2D eigenvalue weighted by atomic mass is 9.99. The second-order valence-corrected chi connectivity index (χ2v) is 11.1. The zero-order valence-corrected chi connectivity index (χ0v) is 24.4. The van der Waals surface area contributed by atoms with Crippen molar-refractivity contribution < 1.29 is 24.2 Å². The fourth-order valence-corrected chi connectivity index (χ4v) is 4.27. The normalized spacial score (nSPS) is 13.8.